The van der Waals surface area contributed by atoms with E-state index in [4.69, 9.17) is 0 Å². The van der Waals surface area contributed by atoms with Gasteiger partial charge in [0.15, 0.2) is 0 Å². The highest BCUT2D eigenvalue weighted by atomic mass is 15.2. The number of nitrogens with one attached hydrogen (secondary N) is 2. The van der Waals surface area contributed by atoms with E-state index in [0.717, 1.165) is 37.6 Å². The number of pyridine rings is 1. The van der Waals surface area contributed by atoms with Gasteiger partial charge in [-0.2, -0.15) is 0 Å². The Morgan fingerprint density at radius 3 is 3.05 bits per heavy atom. The Morgan fingerprint density at radius 2 is 2.26 bits per heavy atom. The fourth-order valence-electron chi connectivity index (χ4n) is 2.67. The summed E-state index contributed by atoms with van der Waals surface area (Å²) in [6.07, 6.45) is 5.63. The van der Waals surface area contributed by atoms with Gasteiger partial charge in [0.1, 0.15) is 5.82 Å². The molecule has 1 aliphatic rings. The number of likely N-dealkylation sites (N-methyl/N-ethyl adjacent to an activating group) is 1. The van der Waals surface area contributed by atoms with Crippen LogP contribution in [0.15, 0.2) is 18.3 Å². The lowest BCUT2D eigenvalue weighted by Gasteiger charge is -2.23. The highest BCUT2D eigenvalue weighted by Gasteiger charge is 2.22. The van der Waals surface area contributed by atoms with Crippen molar-refractivity contribution in [1.29, 1.82) is 0 Å². The van der Waals surface area contributed by atoms with Crippen molar-refractivity contribution in [2.24, 2.45) is 0 Å². The molecule has 4 nitrogen and oxygen atoms in total. The SMILES string of the molecule is CCCNc1cc(NCC2CCCN2CC)ccn1. The molecule has 0 bridgehead atoms. The predicted octanol–water partition coefficient (Wildman–Crippen LogP) is 2.80. The lowest BCUT2D eigenvalue weighted by Crippen LogP contribution is -2.34. The molecular formula is C15H26N4. The van der Waals surface area contributed by atoms with Crippen molar-refractivity contribution in [1.82, 2.24) is 9.88 Å². The molecule has 1 fully saturated rings. The summed E-state index contributed by atoms with van der Waals surface area (Å²) in [5.74, 6) is 0.964. The molecule has 2 N–H and O–H groups in total. The molecule has 0 aliphatic carbocycles. The molecule has 1 aromatic heterocycles. The number of anilines is 2. The fourth-order valence-corrected chi connectivity index (χ4v) is 2.67. The summed E-state index contributed by atoms with van der Waals surface area (Å²) in [5.41, 5.74) is 1.16. The van der Waals surface area contributed by atoms with Crippen molar-refractivity contribution in [2.75, 3.05) is 36.8 Å². The van der Waals surface area contributed by atoms with E-state index in [1.165, 1.54) is 19.4 Å². The Bertz CT molecular complexity index is 380. The molecule has 4 heteroatoms. The van der Waals surface area contributed by atoms with E-state index < -0.39 is 0 Å². The average molecular weight is 262 g/mol. The van der Waals surface area contributed by atoms with Gasteiger partial charge in [-0.1, -0.05) is 13.8 Å². The van der Waals surface area contributed by atoms with Crippen molar-refractivity contribution < 1.29 is 0 Å². The van der Waals surface area contributed by atoms with Crippen LogP contribution in [0.3, 0.4) is 0 Å². The molecule has 0 spiro atoms. The van der Waals surface area contributed by atoms with Crippen LogP contribution in [0.25, 0.3) is 0 Å². The maximum atomic E-state index is 4.33. The van der Waals surface area contributed by atoms with Crippen LogP contribution in [-0.4, -0.2) is 42.1 Å². The zero-order valence-electron chi connectivity index (χ0n) is 12.2. The Kier molecular flexibility index (Phi) is 5.45. The van der Waals surface area contributed by atoms with Gasteiger partial charge in [0, 0.05) is 37.1 Å². The zero-order chi connectivity index (χ0) is 13.5. The predicted molar refractivity (Wildman–Crippen MR) is 81.8 cm³/mol. The molecule has 19 heavy (non-hydrogen) atoms. The van der Waals surface area contributed by atoms with Gasteiger partial charge < -0.3 is 10.6 Å². The summed E-state index contributed by atoms with van der Waals surface area (Å²) in [6, 6.07) is 4.83. The largest absolute Gasteiger partial charge is 0.383 e. The van der Waals surface area contributed by atoms with Crippen LogP contribution in [0, 0.1) is 0 Å². The monoisotopic (exact) mass is 262 g/mol. The van der Waals surface area contributed by atoms with Crippen molar-refractivity contribution in [3.63, 3.8) is 0 Å². The normalized spacial score (nSPS) is 19.6. The number of nitrogens with zero attached hydrogens (tertiary/aromatic N) is 2. The summed E-state index contributed by atoms with van der Waals surface area (Å²) in [5, 5.41) is 6.87. The van der Waals surface area contributed by atoms with Crippen LogP contribution < -0.4 is 10.6 Å². The lowest BCUT2D eigenvalue weighted by molar-refractivity contribution is 0.277. The van der Waals surface area contributed by atoms with E-state index in [2.05, 4.69) is 40.4 Å². The van der Waals surface area contributed by atoms with Crippen LogP contribution in [0.4, 0.5) is 11.5 Å². The van der Waals surface area contributed by atoms with Gasteiger partial charge >= 0.3 is 0 Å². The lowest BCUT2D eigenvalue weighted by atomic mass is 10.2. The minimum Gasteiger partial charge on any atom is -0.383 e. The fraction of sp³-hybridized carbons (Fsp3) is 0.667. The molecule has 1 unspecified atom stereocenters. The smallest absolute Gasteiger partial charge is 0.127 e. The highest BCUT2D eigenvalue weighted by molar-refractivity contribution is 5.51. The molecule has 0 amide bonds. The minimum absolute atomic E-state index is 0.685. The first-order chi connectivity index (χ1) is 9.33. The van der Waals surface area contributed by atoms with E-state index in [-0.39, 0.29) is 0 Å². The Labute approximate surface area is 116 Å². The third-order valence-electron chi connectivity index (χ3n) is 3.76. The van der Waals surface area contributed by atoms with Crippen molar-refractivity contribution >= 4 is 11.5 Å². The van der Waals surface area contributed by atoms with Gasteiger partial charge in [-0.05, 0) is 38.4 Å². The third kappa shape index (κ3) is 4.10. The van der Waals surface area contributed by atoms with Crippen molar-refractivity contribution in [3.05, 3.63) is 18.3 Å². The van der Waals surface area contributed by atoms with E-state index in [1.54, 1.807) is 0 Å². The molecule has 0 aromatic carbocycles. The van der Waals surface area contributed by atoms with E-state index in [9.17, 15) is 0 Å². The van der Waals surface area contributed by atoms with Crippen LogP contribution in [0.5, 0.6) is 0 Å². The zero-order valence-corrected chi connectivity index (χ0v) is 12.2. The average Bonchev–Trinajstić information content (AvgIpc) is 2.91. The summed E-state index contributed by atoms with van der Waals surface area (Å²) < 4.78 is 0. The minimum atomic E-state index is 0.685. The van der Waals surface area contributed by atoms with Gasteiger partial charge in [0.2, 0.25) is 0 Å². The molecule has 2 heterocycles. The molecule has 1 aliphatic heterocycles. The number of likely N-dealkylation sites (tertiary alicyclic amines) is 1. The molecular weight excluding hydrogens is 236 g/mol. The van der Waals surface area contributed by atoms with Crippen LogP contribution in [-0.2, 0) is 0 Å². The Hall–Kier alpha value is -1.29. The second-order valence-corrected chi connectivity index (χ2v) is 5.16. The van der Waals surface area contributed by atoms with E-state index in [1.807, 2.05) is 12.3 Å². The van der Waals surface area contributed by atoms with Gasteiger partial charge in [0.25, 0.3) is 0 Å². The summed E-state index contributed by atoms with van der Waals surface area (Å²) in [4.78, 5) is 6.89. The first kappa shape index (κ1) is 14.1. The molecule has 106 valence electrons. The van der Waals surface area contributed by atoms with Gasteiger partial charge in [-0.15, -0.1) is 0 Å². The Balaban J connectivity index is 1.85. The van der Waals surface area contributed by atoms with Crippen LogP contribution in [0.2, 0.25) is 0 Å². The number of aromatic nitrogens is 1. The third-order valence-corrected chi connectivity index (χ3v) is 3.76. The molecule has 0 saturated carbocycles. The molecule has 1 atom stereocenters. The van der Waals surface area contributed by atoms with Crippen LogP contribution in [0.1, 0.15) is 33.1 Å². The van der Waals surface area contributed by atoms with Gasteiger partial charge in [0.05, 0.1) is 0 Å². The number of hydrogen-bond donors (Lipinski definition) is 2. The first-order valence-electron chi connectivity index (χ1n) is 7.51. The quantitative estimate of drug-likeness (QED) is 0.793. The molecule has 2 rings (SSSR count). The maximum Gasteiger partial charge on any atom is 0.127 e. The number of rotatable bonds is 7. The summed E-state index contributed by atoms with van der Waals surface area (Å²) in [6.45, 7) is 8.83. The second kappa shape index (κ2) is 7.34. The number of hydrogen-bond acceptors (Lipinski definition) is 4. The van der Waals surface area contributed by atoms with Crippen molar-refractivity contribution in [2.45, 2.75) is 39.2 Å². The highest BCUT2D eigenvalue weighted by Crippen LogP contribution is 2.18. The molecule has 1 saturated heterocycles. The van der Waals surface area contributed by atoms with Crippen LogP contribution >= 0.6 is 0 Å². The first-order valence-corrected chi connectivity index (χ1v) is 7.51. The van der Waals surface area contributed by atoms with Gasteiger partial charge in [-0.3, -0.25) is 4.90 Å². The van der Waals surface area contributed by atoms with Gasteiger partial charge in [-0.25, -0.2) is 4.98 Å². The van der Waals surface area contributed by atoms with E-state index in [0.29, 0.717) is 6.04 Å². The molecule has 1 aromatic rings. The second-order valence-electron chi connectivity index (χ2n) is 5.16. The summed E-state index contributed by atoms with van der Waals surface area (Å²) >= 11 is 0. The maximum absolute atomic E-state index is 4.33. The standard InChI is InChI=1S/C15H26N4/c1-3-8-16-15-11-13(7-9-17-15)18-12-14-6-5-10-19(14)4-2/h7,9,11,14H,3-6,8,10,12H2,1-2H3,(H2,16,17,18). The summed E-state index contributed by atoms with van der Waals surface area (Å²) in [7, 11) is 0. The van der Waals surface area contributed by atoms with Crippen molar-refractivity contribution in [3.8, 4) is 0 Å². The Morgan fingerprint density at radius 1 is 1.37 bits per heavy atom. The topological polar surface area (TPSA) is 40.2 Å². The molecule has 0 radical (unpaired) electrons. The van der Waals surface area contributed by atoms with E-state index >= 15 is 0 Å².